The molecule has 2 amide bonds. The number of carbonyl (C=O) groups is 2. The highest BCUT2D eigenvalue weighted by atomic mass is 35.5. The highest BCUT2D eigenvalue weighted by Gasteiger charge is 2.14. The van der Waals surface area contributed by atoms with Gasteiger partial charge in [-0.3, -0.25) is 29.8 Å². The van der Waals surface area contributed by atoms with Gasteiger partial charge in [-0.15, -0.1) is 0 Å². The van der Waals surface area contributed by atoms with Crippen LogP contribution in [0.15, 0.2) is 47.5 Å². The summed E-state index contributed by atoms with van der Waals surface area (Å²) in [6.07, 6.45) is 2.01. The number of nitrogens with one attached hydrogen (secondary N) is 2. The van der Waals surface area contributed by atoms with E-state index in [1.165, 1.54) is 24.1 Å². The number of para-hydroxylation sites is 1. The second-order valence-corrected chi connectivity index (χ2v) is 7.10. The molecule has 3 rings (SSSR count). The molecule has 1 aromatic heterocycles. The Labute approximate surface area is 177 Å². The molecule has 0 radical (unpaired) electrons. The third-order valence-corrected chi connectivity index (χ3v) is 4.81. The van der Waals surface area contributed by atoms with Crippen LogP contribution in [0.3, 0.4) is 0 Å². The van der Waals surface area contributed by atoms with E-state index in [2.05, 4.69) is 15.8 Å². The smallest absolute Gasteiger partial charge is 0.273 e. The molecule has 0 aliphatic heterocycles. The Bertz CT molecular complexity index is 1160. The number of methoxy groups -OCH3 is 1. The fourth-order valence-corrected chi connectivity index (χ4v) is 3.19. The summed E-state index contributed by atoms with van der Waals surface area (Å²) >= 11 is 5.91. The lowest BCUT2D eigenvalue weighted by Gasteiger charge is -2.11. The summed E-state index contributed by atoms with van der Waals surface area (Å²) in [5.74, 6) is -0.598. The zero-order valence-electron chi connectivity index (χ0n) is 16.6. The average Bonchev–Trinajstić information content (AvgIpc) is 2.74. The summed E-state index contributed by atoms with van der Waals surface area (Å²) in [4.78, 5) is 41.2. The highest BCUT2D eigenvalue weighted by molar-refractivity contribution is 6.31. The zero-order valence-corrected chi connectivity index (χ0v) is 17.3. The lowest BCUT2D eigenvalue weighted by Crippen LogP contribution is -2.41. The Kier molecular flexibility index (Phi) is 6.68. The molecule has 0 aliphatic rings. The molecule has 0 saturated heterocycles. The van der Waals surface area contributed by atoms with Crippen LogP contribution in [0.25, 0.3) is 10.9 Å². The van der Waals surface area contributed by atoms with Gasteiger partial charge in [0, 0.05) is 18.0 Å². The van der Waals surface area contributed by atoms with E-state index in [0.717, 1.165) is 5.56 Å². The van der Waals surface area contributed by atoms with Gasteiger partial charge in [-0.2, -0.15) is 0 Å². The molecule has 9 heteroatoms. The minimum absolute atomic E-state index is 0.116. The molecule has 2 N–H and O–H groups in total. The Morgan fingerprint density at radius 2 is 2.00 bits per heavy atom. The normalized spacial score (nSPS) is 10.6. The number of nitrogens with zero attached hydrogens (tertiary/aromatic N) is 2. The number of benzene rings is 2. The summed E-state index contributed by atoms with van der Waals surface area (Å²) in [6.45, 7) is 2.23. The van der Waals surface area contributed by atoms with Crippen LogP contribution in [0.4, 0.5) is 0 Å². The fraction of sp³-hybridized carbons (Fsp3) is 0.238. The topological polar surface area (TPSA) is 102 Å². The SMILES string of the molecule is COc1ccc(Cl)cc1C(=O)NNC(=O)CCCn1cnc2c(C)cccc2c1=O. The number of halogens is 1. The van der Waals surface area contributed by atoms with Gasteiger partial charge in [-0.25, -0.2) is 4.98 Å². The molecule has 0 spiro atoms. The predicted molar refractivity (Wildman–Crippen MR) is 114 cm³/mol. The molecular formula is C21H21ClN4O4. The van der Waals surface area contributed by atoms with Crippen LogP contribution in [0, 0.1) is 6.92 Å². The maximum absolute atomic E-state index is 12.6. The fourth-order valence-electron chi connectivity index (χ4n) is 3.02. The summed E-state index contributed by atoms with van der Waals surface area (Å²) in [7, 11) is 1.43. The van der Waals surface area contributed by atoms with E-state index in [-0.39, 0.29) is 23.5 Å². The van der Waals surface area contributed by atoms with Gasteiger partial charge in [0.05, 0.1) is 29.9 Å². The van der Waals surface area contributed by atoms with E-state index in [4.69, 9.17) is 16.3 Å². The van der Waals surface area contributed by atoms with Crippen molar-refractivity contribution in [2.75, 3.05) is 7.11 Å². The Hall–Kier alpha value is -3.39. The number of hydrogen-bond donors (Lipinski definition) is 2. The third-order valence-electron chi connectivity index (χ3n) is 4.58. The van der Waals surface area contributed by atoms with Gasteiger partial charge in [0.2, 0.25) is 5.91 Å². The van der Waals surface area contributed by atoms with Crippen molar-refractivity contribution in [2.24, 2.45) is 0 Å². The van der Waals surface area contributed by atoms with Gasteiger partial charge in [-0.1, -0.05) is 23.7 Å². The van der Waals surface area contributed by atoms with Crippen LogP contribution in [0.5, 0.6) is 5.75 Å². The lowest BCUT2D eigenvalue weighted by molar-refractivity contribution is -0.122. The van der Waals surface area contributed by atoms with E-state index in [0.29, 0.717) is 34.6 Å². The van der Waals surface area contributed by atoms with Crippen molar-refractivity contribution in [3.63, 3.8) is 0 Å². The molecule has 0 bridgehead atoms. The number of hydrogen-bond acceptors (Lipinski definition) is 5. The Morgan fingerprint density at radius 3 is 2.77 bits per heavy atom. The van der Waals surface area contributed by atoms with Crippen molar-refractivity contribution in [1.29, 1.82) is 0 Å². The largest absolute Gasteiger partial charge is 0.496 e. The molecular weight excluding hydrogens is 408 g/mol. The first-order valence-electron chi connectivity index (χ1n) is 9.28. The second-order valence-electron chi connectivity index (χ2n) is 6.66. The van der Waals surface area contributed by atoms with Gasteiger partial charge < -0.3 is 4.74 Å². The molecule has 3 aromatic rings. The maximum atomic E-state index is 12.6. The van der Waals surface area contributed by atoms with E-state index in [1.54, 1.807) is 18.2 Å². The number of hydrazine groups is 1. The quantitative estimate of drug-likeness (QED) is 0.587. The summed E-state index contributed by atoms with van der Waals surface area (Å²) in [5, 5.41) is 0.918. The number of amides is 2. The first-order valence-corrected chi connectivity index (χ1v) is 9.66. The van der Waals surface area contributed by atoms with Gasteiger partial charge in [0.1, 0.15) is 5.75 Å². The molecule has 30 heavy (non-hydrogen) atoms. The van der Waals surface area contributed by atoms with Crippen LogP contribution < -0.4 is 21.1 Å². The van der Waals surface area contributed by atoms with Crippen molar-refractivity contribution in [3.8, 4) is 5.75 Å². The second kappa shape index (κ2) is 9.41. The molecule has 0 aliphatic carbocycles. The van der Waals surface area contributed by atoms with E-state index < -0.39 is 5.91 Å². The van der Waals surface area contributed by atoms with Gasteiger partial charge >= 0.3 is 0 Å². The van der Waals surface area contributed by atoms with Crippen molar-refractivity contribution in [1.82, 2.24) is 20.4 Å². The minimum atomic E-state index is -0.548. The van der Waals surface area contributed by atoms with Gasteiger partial charge in [0.15, 0.2) is 0 Å². The summed E-state index contributed by atoms with van der Waals surface area (Å²) < 4.78 is 6.60. The number of aryl methyl sites for hydroxylation is 2. The first-order chi connectivity index (χ1) is 14.4. The van der Waals surface area contributed by atoms with Crippen molar-refractivity contribution in [2.45, 2.75) is 26.3 Å². The Morgan fingerprint density at radius 1 is 1.20 bits per heavy atom. The van der Waals surface area contributed by atoms with Crippen molar-refractivity contribution >= 4 is 34.3 Å². The van der Waals surface area contributed by atoms with Crippen molar-refractivity contribution < 1.29 is 14.3 Å². The summed E-state index contributed by atoms with van der Waals surface area (Å²) in [6, 6.07) is 10.1. The minimum Gasteiger partial charge on any atom is -0.496 e. The number of ether oxygens (including phenoxy) is 1. The van der Waals surface area contributed by atoms with Gasteiger partial charge in [-0.05, 0) is 43.2 Å². The third kappa shape index (κ3) is 4.77. The van der Waals surface area contributed by atoms with E-state index >= 15 is 0 Å². The van der Waals surface area contributed by atoms with Crippen LogP contribution in [0.1, 0.15) is 28.8 Å². The lowest BCUT2D eigenvalue weighted by atomic mass is 10.1. The predicted octanol–water partition coefficient (Wildman–Crippen LogP) is 2.61. The van der Waals surface area contributed by atoms with Crippen LogP contribution in [-0.2, 0) is 11.3 Å². The van der Waals surface area contributed by atoms with Crippen LogP contribution in [-0.4, -0.2) is 28.5 Å². The summed E-state index contributed by atoms with van der Waals surface area (Å²) in [5.41, 5.74) is 6.35. The molecule has 156 valence electrons. The molecule has 0 atom stereocenters. The molecule has 8 nitrogen and oxygen atoms in total. The van der Waals surface area contributed by atoms with Crippen molar-refractivity contribution in [3.05, 3.63) is 69.2 Å². The Balaban J connectivity index is 1.54. The number of carbonyl (C=O) groups excluding carboxylic acids is 2. The molecule has 1 heterocycles. The van der Waals surface area contributed by atoms with Crippen LogP contribution in [0.2, 0.25) is 5.02 Å². The highest BCUT2D eigenvalue weighted by Crippen LogP contribution is 2.22. The molecule has 0 saturated carbocycles. The van der Waals surface area contributed by atoms with Gasteiger partial charge in [0.25, 0.3) is 11.5 Å². The molecule has 0 fully saturated rings. The molecule has 0 unspecified atom stereocenters. The number of rotatable bonds is 6. The number of aromatic nitrogens is 2. The van der Waals surface area contributed by atoms with Crippen LogP contribution >= 0.6 is 11.6 Å². The maximum Gasteiger partial charge on any atom is 0.273 e. The molecule has 2 aromatic carbocycles. The van der Waals surface area contributed by atoms with E-state index in [9.17, 15) is 14.4 Å². The average molecular weight is 429 g/mol. The standard InChI is InChI=1S/C21H21ClN4O4/c1-13-5-3-6-15-19(13)23-12-26(21(15)29)10-4-7-18(27)24-25-20(28)16-11-14(22)8-9-17(16)30-2/h3,5-6,8-9,11-12H,4,7,10H2,1-2H3,(H,24,27)(H,25,28). The zero-order chi connectivity index (χ0) is 21.7. The monoisotopic (exact) mass is 428 g/mol. The first kappa shape index (κ1) is 21.3. The number of fused-ring (bicyclic) bond motifs is 1. The van der Waals surface area contributed by atoms with E-state index in [1.807, 2.05) is 19.1 Å².